The predicted octanol–water partition coefficient (Wildman–Crippen LogP) is 1.92. The molecule has 12 heavy (non-hydrogen) atoms. The van der Waals surface area contributed by atoms with E-state index in [0.717, 1.165) is 18.4 Å². The number of nitrogens with one attached hydrogen (secondary N) is 1. The molecule has 0 fully saturated rings. The van der Waals surface area contributed by atoms with E-state index in [1.54, 1.807) is 0 Å². The number of rotatable bonds is 3. The maximum Gasteiger partial charge on any atom is 0.122 e. The second-order valence-corrected chi connectivity index (χ2v) is 2.86. The van der Waals surface area contributed by atoms with Gasteiger partial charge in [0.25, 0.3) is 0 Å². The minimum atomic E-state index is 0.146. The lowest BCUT2D eigenvalue weighted by molar-refractivity contribution is 0.921. The quantitative estimate of drug-likeness (QED) is 0.517. The highest BCUT2D eigenvalue weighted by Gasteiger charge is 1.96. The summed E-state index contributed by atoms with van der Waals surface area (Å²) in [6.45, 7) is 2.14. The van der Waals surface area contributed by atoms with Gasteiger partial charge in [0.2, 0.25) is 0 Å². The molecule has 3 N–H and O–H groups in total. The predicted molar refractivity (Wildman–Crippen MR) is 51.5 cm³/mol. The van der Waals surface area contributed by atoms with Crippen molar-refractivity contribution in [3.8, 4) is 0 Å². The molecule has 0 bridgehead atoms. The summed E-state index contributed by atoms with van der Waals surface area (Å²) < 4.78 is 0. The topological polar surface area (TPSA) is 49.9 Å². The molecular formula is C10H14N2. The van der Waals surface area contributed by atoms with Crippen LogP contribution in [-0.2, 0) is 6.42 Å². The van der Waals surface area contributed by atoms with Crippen molar-refractivity contribution in [3.05, 3.63) is 35.4 Å². The first-order valence-corrected chi connectivity index (χ1v) is 4.17. The largest absolute Gasteiger partial charge is 0.384 e. The Labute approximate surface area is 72.9 Å². The molecule has 0 unspecified atom stereocenters. The number of aryl methyl sites for hydroxylation is 1. The van der Waals surface area contributed by atoms with E-state index in [2.05, 4.69) is 13.0 Å². The van der Waals surface area contributed by atoms with Crippen LogP contribution in [0.3, 0.4) is 0 Å². The molecule has 2 heteroatoms. The minimum absolute atomic E-state index is 0.146. The van der Waals surface area contributed by atoms with Gasteiger partial charge in [-0.3, -0.25) is 5.41 Å². The van der Waals surface area contributed by atoms with Gasteiger partial charge < -0.3 is 5.73 Å². The van der Waals surface area contributed by atoms with Gasteiger partial charge in [-0.1, -0.05) is 31.5 Å². The van der Waals surface area contributed by atoms with Gasteiger partial charge in [-0.05, 0) is 18.1 Å². The molecule has 0 spiro atoms. The van der Waals surface area contributed by atoms with E-state index in [1.165, 1.54) is 5.56 Å². The van der Waals surface area contributed by atoms with Crippen molar-refractivity contribution in [2.75, 3.05) is 0 Å². The number of hydrogen-bond donors (Lipinski definition) is 2. The SMILES string of the molecule is CCCc1cccc(C(=N)N)c1. The van der Waals surface area contributed by atoms with Crippen LogP contribution in [0.25, 0.3) is 0 Å². The van der Waals surface area contributed by atoms with Crippen molar-refractivity contribution in [1.29, 1.82) is 5.41 Å². The van der Waals surface area contributed by atoms with Crippen LogP contribution in [0.2, 0.25) is 0 Å². The highest BCUT2D eigenvalue weighted by Crippen LogP contribution is 2.06. The summed E-state index contributed by atoms with van der Waals surface area (Å²) >= 11 is 0. The van der Waals surface area contributed by atoms with E-state index in [9.17, 15) is 0 Å². The summed E-state index contributed by atoms with van der Waals surface area (Å²) in [6, 6.07) is 7.85. The molecular weight excluding hydrogens is 148 g/mol. The lowest BCUT2D eigenvalue weighted by Crippen LogP contribution is -2.10. The maximum atomic E-state index is 7.24. The summed E-state index contributed by atoms with van der Waals surface area (Å²) in [7, 11) is 0. The van der Waals surface area contributed by atoms with Crippen LogP contribution in [-0.4, -0.2) is 5.84 Å². The average Bonchev–Trinajstić information content (AvgIpc) is 2.05. The van der Waals surface area contributed by atoms with Gasteiger partial charge in [0, 0.05) is 5.56 Å². The van der Waals surface area contributed by atoms with E-state index in [0.29, 0.717) is 0 Å². The van der Waals surface area contributed by atoms with Crippen molar-refractivity contribution in [3.63, 3.8) is 0 Å². The Morgan fingerprint density at radius 3 is 2.83 bits per heavy atom. The van der Waals surface area contributed by atoms with Crippen LogP contribution in [0.5, 0.6) is 0 Å². The van der Waals surface area contributed by atoms with Gasteiger partial charge >= 0.3 is 0 Å². The van der Waals surface area contributed by atoms with Gasteiger partial charge in [0.05, 0.1) is 0 Å². The number of hydrogen-bond acceptors (Lipinski definition) is 1. The average molecular weight is 162 g/mol. The molecule has 2 nitrogen and oxygen atoms in total. The molecule has 0 aromatic heterocycles. The van der Waals surface area contributed by atoms with Gasteiger partial charge in [-0.2, -0.15) is 0 Å². The van der Waals surface area contributed by atoms with Gasteiger partial charge in [-0.15, -0.1) is 0 Å². The molecule has 0 aliphatic carbocycles. The Balaban J connectivity index is 2.88. The van der Waals surface area contributed by atoms with Crippen LogP contribution in [0.4, 0.5) is 0 Å². The van der Waals surface area contributed by atoms with Gasteiger partial charge in [0.15, 0.2) is 0 Å². The van der Waals surface area contributed by atoms with Crippen LogP contribution in [0.15, 0.2) is 24.3 Å². The van der Waals surface area contributed by atoms with E-state index >= 15 is 0 Å². The molecule has 64 valence electrons. The van der Waals surface area contributed by atoms with E-state index in [-0.39, 0.29) is 5.84 Å². The first kappa shape index (κ1) is 8.78. The second-order valence-electron chi connectivity index (χ2n) is 2.86. The second kappa shape index (κ2) is 3.90. The fourth-order valence-electron chi connectivity index (χ4n) is 1.18. The summed E-state index contributed by atoms with van der Waals surface area (Å²) in [5, 5.41) is 7.24. The number of benzene rings is 1. The summed E-state index contributed by atoms with van der Waals surface area (Å²) in [4.78, 5) is 0. The number of amidine groups is 1. The van der Waals surface area contributed by atoms with Crippen LogP contribution >= 0.6 is 0 Å². The van der Waals surface area contributed by atoms with Crippen LogP contribution in [0.1, 0.15) is 24.5 Å². The van der Waals surface area contributed by atoms with E-state index < -0.39 is 0 Å². The number of nitrogens with two attached hydrogens (primary N) is 1. The molecule has 0 heterocycles. The Hall–Kier alpha value is -1.31. The Kier molecular flexibility index (Phi) is 2.86. The molecule has 0 atom stereocenters. The molecule has 1 rings (SSSR count). The van der Waals surface area contributed by atoms with Crippen molar-refractivity contribution < 1.29 is 0 Å². The van der Waals surface area contributed by atoms with Crippen molar-refractivity contribution in [2.45, 2.75) is 19.8 Å². The Bertz CT molecular complexity index is 279. The fraction of sp³-hybridized carbons (Fsp3) is 0.300. The first-order chi connectivity index (χ1) is 5.74. The molecule has 0 saturated heterocycles. The fourth-order valence-corrected chi connectivity index (χ4v) is 1.18. The molecule has 1 aromatic rings. The zero-order valence-electron chi connectivity index (χ0n) is 7.30. The van der Waals surface area contributed by atoms with Crippen molar-refractivity contribution >= 4 is 5.84 Å². The molecule has 0 radical (unpaired) electrons. The molecule has 0 amide bonds. The standard InChI is InChI=1S/C10H14N2/c1-2-4-8-5-3-6-9(7-8)10(11)12/h3,5-7H,2,4H2,1H3,(H3,11,12). The van der Waals surface area contributed by atoms with E-state index in [4.69, 9.17) is 11.1 Å². The zero-order chi connectivity index (χ0) is 8.97. The first-order valence-electron chi connectivity index (χ1n) is 4.17. The van der Waals surface area contributed by atoms with E-state index in [1.807, 2.05) is 18.2 Å². The Morgan fingerprint density at radius 2 is 2.25 bits per heavy atom. The lowest BCUT2D eigenvalue weighted by atomic mass is 10.1. The summed E-state index contributed by atoms with van der Waals surface area (Å²) in [6.07, 6.45) is 2.18. The van der Waals surface area contributed by atoms with Crippen LogP contribution in [0, 0.1) is 5.41 Å². The zero-order valence-corrected chi connectivity index (χ0v) is 7.30. The molecule has 1 aromatic carbocycles. The summed E-state index contributed by atoms with van der Waals surface area (Å²) in [5.74, 6) is 0.146. The van der Waals surface area contributed by atoms with Crippen molar-refractivity contribution in [1.82, 2.24) is 0 Å². The monoisotopic (exact) mass is 162 g/mol. The lowest BCUT2D eigenvalue weighted by Gasteiger charge is -2.01. The highest BCUT2D eigenvalue weighted by atomic mass is 14.7. The van der Waals surface area contributed by atoms with Gasteiger partial charge in [0.1, 0.15) is 5.84 Å². The summed E-state index contributed by atoms with van der Waals surface area (Å²) in [5.41, 5.74) is 7.44. The maximum absolute atomic E-state index is 7.24. The third kappa shape index (κ3) is 2.09. The minimum Gasteiger partial charge on any atom is -0.384 e. The normalized spacial score (nSPS) is 9.75. The highest BCUT2D eigenvalue weighted by molar-refractivity contribution is 5.95. The molecule has 0 aliphatic rings. The third-order valence-electron chi connectivity index (χ3n) is 1.78. The molecule has 0 saturated carbocycles. The molecule has 0 aliphatic heterocycles. The van der Waals surface area contributed by atoms with Crippen molar-refractivity contribution in [2.24, 2.45) is 5.73 Å². The van der Waals surface area contributed by atoms with Gasteiger partial charge in [-0.25, -0.2) is 0 Å². The third-order valence-corrected chi connectivity index (χ3v) is 1.78. The van der Waals surface area contributed by atoms with Crippen LogP contribution < -0.4 is 5.73 Å². The smallest absolute Gasteiger partial charge is 0.122 e. The Morgan fingerprint density at radius 1 is 1.50 bits per heavy atom. The number of nitrogen functional groups attached to an aromatic ring is 1.